The van der Waals surface area contributed by atoms with Gasteiger partial charge >= 0.3 is 12.1 Å². The van der Waals surface area contributed by atoms with Crippen molar-refractivity contribution in [1.29, 1.82) is 0 Å². The van der Waals surface area contributed by atoms with Gasteiger partial charge in [0.2, 0.25) is 5.43 Å². The van der Waals surface area contributed by atoms with Crippen molar-refractivity contribution < 1.29 is 28.2 Å². The van der Waals surface area contributed by atoms with Crippen molar-refractivity contribution in [2.24, 2.45) is 5.92 Å². The Morgan fingerprint density at radius 1 is 1.33 bits per heavy atom. The molecule has 1 amide bonds. The molecule has 1 fully saturated rings. The van der Waals surface area contributed by atoms with E-state index < -0.39 is 40.3 Å². The summed E-state index contributed by atoms with van der Waals surface area (Å²) in [7, 11) is 0. The molecule has 0 saturated carbocycles. The number of aromatic carboxylic acids is 1. The summed E-state index contributed by atoms with van der Waals surface area (Å²) in [5.41, 5.74) is -2.51. The highest BCUT2D eigenvalue weighted by Gasteiger charge is 2.33. The lowest BCUT2D eigenvalue weighted by Crippen LogP contribution is -2.42. The Morgan fingerprint density at radius 3 is 2.58 bits per heavy atom. The lowest BCUT2D eigenvalue weighted by atomic mass is 10.0. The minimum atomic E-state index is -1.46. The van der Waals surface area contributed by atoms with Crippen LogP contribution in [0, 0.1) is 17.6 Å². The fourth-order valence-electron chi connectivity index (χ4n) is 4.18. The zero-order valence-electron chi connectivity index (χ0n) is 19.4. The summed E-state index contributed by atoms with van der Waals surface area (Å²) in [4.78, 5) is 37.5. The van der Waals surface area contributed by atoms with Gasteiger partial charge in [-0.25, -0.2) is 18.4 Å². The number of hydrogen-bond acceptors (Lipinski definition) is 5. The van der Waals surface area contributed by atoms with Gasteiger partial charge in [0.25, 0.3) is 0 Å². The molecule has 0 unspecified atom stereocenters. The van der Waals surface area contributed by atoms with Crippen LogP contribution in [0.4, 0.5) is 19.3 Å². The summed E-state index contributed by atoms with van der Waals surface area (Å²) in [5.74, 6) is -3.37. The quantitative estimate of drug-likeness (QED) is 0.698. The average Bonchev–Trinajstić information content (AvgIpc) is 3.16. The number of aromatic nitrogens is 1. The minimum Gasteiger partial charge on any atom is -0.477 e. The highest BCUT2D eigenvalue weighted by Crippen LogP contribution is 2.34. The number of carbonyl (C=O) groups is 2. The molecule has 10 heteroatoms. The topological polar surface area (TPSA) is 101 Å². The van der Waals surface area contributed by atoms with Gasteiger partial charge in [-0.15, -0.1) is 0 Å². The van der Waals surface area contributed by atoms with Gasteiger partial charge in [0.05, 0.1) is 10.9 Å². The predicted octanol–water partition coefficient (Wildman–Crippen LogP) is 3.74. The first-order chi connectivity index (χ1) is 15.3. The molecule has 0 aliphatic carbocycles. The maximum atomic E-state index is 15.6. The zero-order chi connectivity index (χ0) is 24.7. The van der Waals surface area contributed by atoms with Crippen molar-refractivity contribution in [1.82, 2.24) is 9.88 Å². The molecule has 33 heavy (non-hydrogen) atoms. The molecule has 0 spiro atoms. The molecule has 0 radical (unpaired) electrons. The van der Waals surface area contributed by atoms with Crippen LogP contribution in [-0.2, 0) is 11.3 Å². The van der Waals surface area contributed by atoms with E-state index in [2.05, 4.69) is 5.32 Å². The largest absolute Gasteiger partial charge is 0.477 e. The van der Waals surface area contributed by atoms with Crippen molar-refractivity contribution in [2.75, 3.05) is 18.0 Å². The van der Waals surface area contributed by atoms with Gasteiger partial charge in [0.15, 0.2) is 5.82 Å². The summed E-state index contributed by atoms with van der Waals surface area (Å²) in [6, 6.07) is 0.619. The van der Waals surface area contributed by atoms with Crippen molar-refractivity contribution in [3.05, 3.63) is 39.7 Å². The third kappa shape index (κ3) is 4.94. The number of carboxylic acid groups (broad SMARTS) is 1. The number of nitrogens with one attached hydrogen (secondary N) is 1. The van der Waals surface area contributed by atoms with Crippen LogP contribution in [0.15, 0.2) is 17.1 Å². The Balaban J connectivity index is 1.92. The van der Waals surface area contributed by atoms with Crippen LogP contribution in [0.5, 0.6) is 0 Å². The standard InChI is InChI=1S/C23H29F2N3O5/c1-6-27-11-15(21(30)31)20(29)14-9-16(24)19(17(25)18(14)27)28-8-7-13(10-28)12(2)26-22(32)33-23(3,4)5/h9,11-13H,6-8,10H2,1-5H3,(H,26,32)(H,30,31)/t12-,13+/m1/s1. The second kappa shape index (κ2) is 8.99. The van der Waals surface area contributed by atoms with E-state index in [4.69, 9.17) is 4.74 Å². The van der Waals surface area contributed by atoms with Gasteiger partial charge in [0.1, 0.15) is 22.7 Å². The second-order valence-corrected chi connectivity index (χ2v) is 9.31. The van der Waals surface area contributed by atoms with Gasteiger partial charge in [-0.2, -0.15) is 0 Å². The van der Waals surface area contributed by atoms with Crippen LogP contribution in [0.3, 0.4) is 0 Å². The van der Waals surface area contributed by atoms with Gasteiger partial charge in [-0.3, -0.25) is 4.79 Å². The Morgan fingerprint density at radius 2 is 2.00 bits per heavy atom. The van der Waals surface area contributed by atoms with Crippen LogP contribution in [-0.4, -0.2) is 46.5 Å². The van der Waals surface area contributed by atoms with E-state index in [1.54, 1.807) is 32.6 Å². The minimum absolute atomic E-state index is 0.0743. The van der Waals surface area contributed by atoms with Crippen molar-refractivity contribution >= 4 is 28.7 Å². The summed E-state index contributed by atoms with van der Waals surface area (Å²) in [6.07, 6.45) is 1.11. The number of benzene rings is 1. The van der Waals surface area contributed by atoms with Gasteiger partial charge in [-0.05, 0) is 53.0 Å². The predicted molar refractivity (Wildman–Crippen MR) is 120 cm³/mol. The molecule has 2 N–H and O–H groups in total. The SMILES string of the molecule is CCn1cc(C(=O)O)c(=O)c2cc(F)c(N3CC[C@H]([C@@H](C)NC(=O)OC(C)(C)C)C3)c(F)c21. The number of ether oxygens (including phenoxy) is 1. The highest BCUT2D eigenvalue weighted by molar-refractivity contribution is 5.93. The third-order valence-corrected chi connectivity index (χ3v) is 5.79. The number of rotatable bonds is 5. The van der Waals surface area contributed by atoms with Crippen molar-refractivity contribution in [2.45, 2.75) is 59.2 Å². The smallest absolute Gasteiger partial charge is 0.407 e. The third-order valence-electron chi connectivity index (χ3n) is 5.79. The molecule has 1 saturated heterocycles. The molecule has 2 atom stereocenters. The van der Waals surface area contributed by atoms with E-state index in [9.17, 15) is 19.5 Å². The summed E-state index contributed by atoms with van der Waals surface area (Å²) < 4.78 is 37.2. The number of fused-ring (bicyclic) bond motifs is 1. The maximum Gasteiger partial charge on any atom is 0.407 e. The van der Waals surface area contributed by atoms with Gasteiger partial charge in [-0.1, -0.05) is 0 Å². The van der Waals surface area contributed by atoms with Crippen molar-refractivity contribution in [3.8, 4) is 0 Å². The Labute approximate surface area is 190 Å². The number of pyridine rings is 1. The van der Waals surface area contributed by atoms with E-state index in [-0.39, 0.29) is 35.1 Å². The lowest BCUT2D eigenvalue weighted by Gasteiger charge is -2.26. The van der Waals surface area contributed by atoms with E-state index in [1.165, 1.54) is 4.57 Å². The number of carboxylic acids is 1. The molecule has 1 aliphatic rings. The summed E-state index contributed by atoms with van der Waals surface area (Å²) in [5, 5.41) is 11.7. The molecular formula is C23H29F2N3O5. The number of amides is 1. The molecule has 0 bridgehead atoms. The lowest BCUT2D eigenvalue weighted by molar-refractivity contribution is 0.0494. The molecule has 180 valence electrons. The monoisotopic (exact) mass is 465 g/mol. The summed E-state index contributed by atoms with van der Waals surface area (Å²) in [6.45, 7) is 9.60. The van der Waals surface area contributed by atoms with Crippen LogP contribution >= 0.6 is 0 Å². The number of alkyl carbamates (subject to hydrolysis) is 1. The molecule has 1 aliphatic heterocycles. The van der Waals surface area contributed by atoms with E-state index in [1.807, 2.05) is 6.92 Å². The maximum absolute atomic E-state index is 15.6. The van der Waals surface area contributed by atoms with Gasteiger partial charge in [0, 0.05) is 31.9 Å². The number of hydrogen-bond donors (Lipinski definition) is 2. The zero-order valence-corrected chi connectivity index (χ0v) is 19.4. The number of nitrogens with zero attached hydrogens (tertiary/aromatic N) is 2. The van der Waals surface area contributed by atoms with E-state index in [0.29, 0.717) is 19.5 Å². The number of carbonyl (C=O) groups excluding carboxylic acids is 1. The molecule has 1 aromatic heterocycles. The number of aryl methyl sites for hydroxylation is 1. The van der Waals surface area contributed by atoms with Crippen LogP contribution < -0.4 is 15.6 Å². The Hall–Kier alpha value is -3.17. The van der Waals surface area contributed by atoms with Crippen molar-refractivity contribution in [3.63, 3.8) is 0 Å². The summed E-state index contributed by atoms with van der Waals surface area (Å²) >= 11 is 0. The highest BCUT2D eigenvalue weighted by atomic mass is 19.1. The molecule has 2 heterocycles. The molecular weight excluding hydrogens is 436 g/mol. The average molecular weight is 465 g/mol. The number of anilines is 1. The Kier molecular flexibility index (Phi) is 6.67. The van der Waals surface area contributed by atoms with Gasteiger partial charge < -0.3 is 24.6 Å². The molecule has 3 rings (SSSR count). The Bertz CT molecular complexity index is 1160. The molecule has 8 nitrogen and oxygen atoms in total. The van der Waals surface area contributed by atoms with Crippen LogP contribution in [0.1, 0.15) is 51.4 Å². The van der Waals surface area contributed by atoms with Crippen LogP contribution in [0.25, 0.3) is 10.9 Å². The molecule has 2 aromatic rings. The first-order valence-electron chi connectivity index (χ1n) is 10.9. The first kappa shape index (κ1) is 24.5. The second-order valence-electron chi connectivity index (χ2n) is 9.31. The fourth-order valence-corrected chi connectivity index (χ4v) is 4.18. The normalized spacial score (nSPS) is 17.3. The molecule has 1 aromatic carbocycles. The van der Waals surface area contributed by atoms with Crippen LogP contribution in [0.2, 0.25) is 0 Å². The fraction of sp³-hybridized carbons (Fsp3) is 0.522. The van der Waals surface area contributed by atoms with E-state index >= 15 is 8.78 Å². The van der Waals surface area contributed by atoms with E-state index in [0.717, 1.165) is 12.3 Å². The number of halogens is 2. The first-order valence-corrected chi connectivity index (χ1v) is 10.9.